The summed E-state index contributed by atoms with van der Waals surface area (Å²) in [4.78, 5) is 11.9. The van der Waals surface area contributed by atoms with E-state index in [-0.39, 0.29) is 12.1 Å². The van der Waals surface area contributed by atoms with E-state index in [0.29, 0.717) is 12.6 Å². The molecule has 0 radical (unpaired) electrons. The number of amides is 2. The normalized spacial score (nSPS) is 19.6. The van der Waals surface area contributed by atoms with Crippen molar-refractivity contribution >= 4 is 22.0 Å². The molecule has 1 aliphatic rings. The smallest absolute Gasteiger partial charge is 0.315 e. The Bertz CT molecular complexity index is 680. The number of carbonyl (C=O) groups excluding carboxylic acids is 1. The molecule has 0 saturated heterocycles. The summed E-state index contributed by atoms with van der Waals surface area (Å²) in [6.45, 7) is 3.16. The molecule has 0 atom stereocenters. The van der Waals surface area contributed by atoms with Gasteiger partial charge >= 0.3 is 6.03 Å². The molecule has 2 amide bonds. The first-order valence-corrected chi connectivity index (χ1v) is 8.89. The van der Waals surface area contributed by atoms with E-state index in [4.69, 9.17) is 4.74 Å². The Morgan fingerprint density at radius 1 is 1.38 bits per heavy atom. The zero-order valence-electron chi connectivity index (χ0n) is 13.5. The first-order chi connectivity index (χ1) is 11.6. The van der Waals surface area contributed by atoms with Gasteiger partial charge in [-0.25, -0.2) is 9.48 Å². The maximum absolute atomic E-state index is 11.9. The Morgan fingerprint density at radius 3 is 2.83 bits per heavy atom. The maximum Gasteiger partial charge on any atom is 0.315 e. The second-order valence-electron chi connectivity index (χ2n) is 5.84. The van der Waals surface area contributed by atoms with E-state index in [9.17, 15) is 4.79 Å². The Hall–Kier alpha value is -1.86. The van der Waals surface area contributed by atoms with Crippen LogP contribution in [0.1, 0.15) is 25.3 Å². The molecule has 6 nitrogen and oxygen atoms in total. The summed E-state index contributed by atoms with van der Waals surface area (Å²) in [5.41, 5.74) is 1.93. The molecule has 128 valence electrons. The zero-order valence-corrected chi connectivity index (χ0v) is 15.1. The first-order valence-electron chi connectivity index (χ1n) is 8.09. The fourth-order valence-corrected chi connectivity index (χ4v) is 2.92. The van der Waals surface area contributed by atoms with Gasteiger partial charge in [0.2, 0.25) is 0 Å². The fraction of sp³-hybridized carbons (Fsp3) is 0.412. The van der Waals surface area contributed by atoms with Crippen molar-refractivity contribution in [3.63, 3.8) is 0 Å². The first kappa shape index (κ1) is 17.0. The summed E-state index contributed by atoms with van der Waals surface area (Å²) in [5, 5.41) is 10.2. The van der Waals surface area contributed by atoms with Gasteiger partial charge in [0, 0.05) is 35.4 Å². The predicted octanol–water partition coefficient (Wildman–Crippen LogP) is 3.00. The summed E-state index contributed by atoms with van der Waals surface area (Å²) in [5.74, 6) is 0. The number of nitrogens with zero attached hydrogens (tertiary/aromatic N) is 2. The molecule has 7 heteroatoms. The number of hydrogen-bond donors (Lipinski definition) is 2. The molecule has 24 heavy (non-hydrogen) atoms. The quantitative estimate of drug-likeness (QED) is 0.793. The largest absolute Gasteiger partial charge is 0.378 e. The van der Waals surface area contributed by atoms with E-state index in [1.54, 1.807) is 10.9 Å². The summed E-state index contributed by atoms with van der Waals surface area (Å²) in [7, 11) is 0. The van der Waals surface area contributed by atoms with Crippen molar-refractivity contribution in [2.75, 3.05) is 6.61 Å². The third-order valence-corrected chi connectivity index (χ3v) is 4.54. The lowest BCUT2D eigenvalue weighted by atomic mass is 9.89. The van der Waals surface area contributed by atoms with Crippen LogP contribution < -0.4 is 10.6 Å². The van der Waals surface area contributed by atoms with Crippen LogP contribution in [-0.2, 0) is 11.3 Å². The molecule has 1 fully saturated rings. The van der Waals surface area contributed by atoms with Crippen molar-refractivity contribution in [1.29, 1.82) is 0 Å². The molecule has 1 aliphatic carbocycles. The van der Waals surface area contributed by atoms with Gasteiger partial charge in [-0.05, 0) is 44.0 Å². The second-order valence-corrected chi connectivity index (χ2v) is 6.76. The Morgan fingerprint density at radius 2 is 2.12 bits per heavy atom. The van der Waals surface area contributed by atoms with E-state index < -0.39 is 0 Å². The summed E-state index contributed by atoms with van der Waals surface area (Å²) >= 11 is 3.41. The van der Waals surface area contributed by atoms with E-state index in [1.165, 1.54) is 0 Å². The lowest BCUT2D eigenvalue weighted by Crippen LogP contribution is -2.50. The fourth-order valence-electron chi connectivity index (χ4n) is 2.66. The Labute approximate surface area is 149 Å². The molecule has 1 saturated carbocycles. The minimum absolute atomic E-state index is 0.147. The van der Waals surface area contributed by atoms with Crippen LogP contribution in [0, 0.1) is 0 Å². The lowest BCUT2D eigenvalue weighted by molar-refractivity contribution is -0.00709. The van der Waals surface area contributed by atoms with Gasteiger partial charge in [-0.15, -0.1) is 0 Å². The molecular formula is C17H21BrN4O2. The molecule has 3 rings (SSSR count). The molecular weight excluding hydrogens is 372 g/mol. The van der Waals surface area contributed by atoms with Crippen LogP contribution in [0.2, 0.25) is 0 Å². The van der Waals surface area contributed by atoms with Crippen LogP contribution in [0.3, 0.4) is 0 Å². The Balaban J connectivity index is 1.44. The van der Waals surface area contributed by atoms with E-state index in [1.807, 2.05) is 37.4 Å². The molecule has 2 aromatic rings. The van der Waals surface area contributed by atoms with E-state index >= 15 is 0 Å². The average molecular weight is 393 g/mol. The van der Waals surface area contributed by atoms with Gasteiger partial charge in [-0.3, -0.25) is 0 Å². The summed E-state index contributed by atoms with van der Waals surface area (Å²) in [6, 6.07) is 7.96. The molecule has 0 spiro atoms. The van der Waals surface area contributed by atoms with Crippen LogP contribution in [0.25, 0.3) is 5.69 Å². The number of nitrogens with one attached hydrogen (secondary N) is 2. The standard InChI is InChI=1S/C17H21BrN4O2/c1-2-24-16-7-14(8-16)21-17(23)19-9-12-10-20-22(11-12)15-5-3-13(18)4-6-15/h3-6,10-11,14,16H,2,7-9H2,1H3,(H2,19,21,23). The highest BCUT2D eigenvalue weighted by atomic mass is 79.9. The van der Waals surface area contributed by atoms with Crippen molar-refractivity contribution in [3.8, 4) is 5.69 Å². The van der Waals surface area contributed by atoms with Gasteiger partial charge in [-0.2, -0.15) is 5.10 Å². The number of rotatable bonds is 6. The van der Waals surface area contributed by atoms with Gasteiger partial charge < -0.3 is 15.4 Å². The number of aromatic nitrogens is 2. The van der Waals surface area contributed by atoms with Crippen molar-refractivity contribution in [2.24, 2.45) is 0 Å². The van der Waals surface area contributed by atoms with Crippen LogP contribution in [0.4, 0.5) is 4.79 Å². The number of urea groups is 1. The highest BCUT2D eigenvalue weighted by Gasteiger charge is 2.30. The van der Waals surface area contributed by atoms with Crippen molar-refractivity contribution in [3.05, 3.63) is 46.7 Å². The predicted molar refractivity (Wildman–Crippen MR) is 95.1 cm³/mol. The van der Waals surface area contributed by atoms with Crippen LogP contribution in [-0.4, -0.2) is 34.6 Å². The van der Waals surface area contributed by atoms with Crippen molar-refractivity contribution in [2.45, 2.75) is 38.5 Å². The monoisotopic (exact) mass is 392 g/mol. The number of halogens is 1. The molecule has 1 aromatic heterocycles. The molecule has 0 aliphatic heterocycles. The average Bonchev–Trinajstić information content (AvgIpc) is 3.00. The van der Waals surface area contributed by atoms with E-state index in [2.05, 4.69) is 31.7 Å². The Kier molecular flexibility index (Phi) is 5.52. The lowest BCUT2D eigenvalue weighted by Gasteiger charge is -2.35. The second kappa shape index (κ2) is 7.81. The minimum atomic E-state index is -0.147. The SMILES string of the molecule is CCOC1CC(NC(=O)NCc2cnn(-c3ccc(Br)cc3)c2)C1. The topological polar surface area (TPSA) is 68.2 Å². The van der Waals surface area contributed by atoms with Gasteiger partial charge in [0.05, 0.1) is 18.0 Å². The molecule has 0 unspecified atom stereocenters. The minimum Gasteiger partial charge on any atom is -0.378 e. The molecule has 1 aromatic carbocycles. The maximum atomic E-state index is 11.9. The van der Waals surface area contributed by atoms with Gasteiger partial charge in [0.15, 0.2) is 0 Å². The highest BCUT2D eigenvalue weighted by Crippen LogP contribution is 2.23. The van der Waals surface area contributed by atoms with Crippen LogP contribution >= 0.6 is 15.9 Å². The summed E-state index contributed by atoms with van der Waals surface area (Å²) < 4.78 is 8.30. The third kappa shape index (κ3) is 4.36. The molecule has 2 N–H and O–H groups in total. The molecule has 1 heterocycles. The third-order valence-electron chi connectivity index (χ3n) is 4.01. The number of ether oxygens (including phenoxy) is 1. The number of hydrogen-bond acceptors (Lipinski definition) is 3. The van der Waals surface area contributed by atoms with Gasteiger partial charge in [0.25, 0.3) is 0 Å². The van der Waals surface area contributed by atoms with Gasteiger partial charge in [-0.1, -0.05) is 15.9 Å². The van der Waals surface area contributed by atoms with E-state index in [0.717, 1.165) is 35.2 Å². The van der Waals surface area contributed by atoms with Crippen molar-refractivity contribution in [1.82, 2.24) is 20.4 Å². The van der Waals surface area contributed by atoms with Crippen LogP contribution in [0.5, 0.6) is 0 Å². The molecule has 0 bridgehead atoms. The van der Waals surface area contributed by atoms with Gasteiger partial charge in [0.1, 0.15) is 0 Å². The van der Waals surface area contributed by atoms with Crippen molar-refractivity contribution < 1.29 is 9.53 Å². The number of benzene rings is 1. The zero-order chi connectivity index (χ0) is 16.9. The number of carbonyl (C=O) groups is 1. The van der Waals surface area contributed by atoms with Crippen LogP contribution in [0.15, 0.2) is 41.1 Å². The summed E-state index contributed by atoms with van der Waals surface area (Å²) in [6.07, 6.45) is 5.75. The highest BCUT2D eigenvalue weighted by molar-refractivity contribution is 9.10.